The van der Waals surface area contributed by atoms with Crippen LogP contribution in [-0.4, -0.2) is 17.1 Å². The van der Waals surface area contributed by atoms with E-state index in [1.807, 2.05) is 6.92 Å². The highest BCUT2D eigenvalue weighted by atomic mass is 32.1. The van der Waals surface area contributed by atoms with Gasteiger partial charge in [0.2, 0.25) is 0 Å². The molecule has 0 bridgehead atoms. The van der Waals surface area contributed by atoms with Crippen LogP contribution in [-0.2, 0) is 6.42 Å². The molecule has 21 heavy (non-hydrogen) atoms. The number of thiophene rings is 1. The van der Waals surface area contributed by atoms with E-state index in [1.165, 1.54) is 41.7 Å². The number of hydrogen-bond acceptors (Lipinski definition) is 3. The smallest absolute Gasteiger partial charge is 0.338 e. The zero-order valence-corrected chi connectivity index (χ0v) is 12.0. The highest BCUT2D eigenvalue weighted by molar-refractivity contribution is 7.16. The number of carboxylic acid groups (broad SMARTS) is 1. The van der Waals surface area contributed by atoms with Gasteiger partial charge in [-0.1, -0.05) is 13.0 Å². The second-order valence-electron chi connectivity index (χ2n) is 4.20. The van der Waals surface area contributed by atoms with Crippen LogP contribution in [0, 0.1) is 5.82 Å². The Morgan fingerprint density at radius 2 is 2.05 bits per heavy atom. The van der Waals surface area contributed by atoms with E-state index in [0.717, 1.165) is 4.88 Å². The number of amides is 2. The lowest BCUT2D eigenvalue weighted by Crippen LogP contribution is -2.20. The van der Waals surface area contributed by atoms with Crippen molar-refractivity contribution in [2.24, 2.45) is 0 Å². The summed E-state index contributed by atoms with van der Waals surface area (Å²) in [6.45, 7) is 1.90. The third kappa shape index (κ3) is 3.79. The number of hydrogen-bond donors (Lipinski definition) is 3. The van der Waals surface area contributed by atoms with Crippen molar-refractivity contribution in [3.8, 4) is 0 Å². The summed E-state index contributed by atoms with van der Waals surface area (Å²) < 4.78 is 13.0. The van der Waals surface area contributed by atoms with Gasteiger partial charge in [0.25, 0.3) is 0 Å². The fraction of sp³-hybridized carbons (Fsp3) is 0.143. The summed E-state index contributed by atoms with van der Waals surface area (Å²) in [6.07, 6.45) is 0.679. The second-order valence-corrected chi connectivity index (χ2v) is 5.34. The maximum absolute atomic E-state index is 13.0. The quantitative estimate of drug-likeness (QED) is 0.804. The summed E-state index contributed by atoms with van der Waals surface area (Å²) in [4.78, 5) is 23.8. The standard InChI is InChI=1S/C14H13FN2O3S/c1-2-10-7-11(13(18)19)12(21-10)17-14(20)16-9-5-3-4-8(15)6-9/h3-7H,2H2,1H3,(H,18,19)(H2,16,17,20). The molecule has 0 aliphatic rings. The van der Waals surface area contributed by atoms with Crippen LogP contribution in [0.2, 0.25) is 0 Å². The number of carboxylic acids is 1. The first-order valence-electron chi connectivity index (χ1n) is 6.19. The molecule has 7 heteroatoms. The van der Waals surface area contributed by atoms with Crippen LogP contribution in [0.1, 0.15) is 22.2 Å². The summed E-state index contributed by atoms with van der Waals surface area (Å²) in [5, 5.41) is 14.3. The Hall–Kier alpha value is -2.41. The van der Waals surface area contributed by atoms with Gasteiger partial charge in [0.15, 0.2) is 0 Å². The Kier molecular flexibility index (Phi) is 4.54. The Morgan fingerprint density at radius 1 is 1.29 bits per heavy atom. The summed E-state index contributed by atoms with van der Waals surface area (Å²) in [5.74, 6) is -1.57. The van der Waals surface area contributed by atoms with Crippen molar-refractivity contribution in [2.75, 3.05) is 10.6 Å². The van der Waals surface area contributed by atoms with E-state index in [9.17, 15) is 14.0 Å². The molecule has 1 heterocycles. The van der Waals surface area contributed by atoms with Crippen molar-refractivity contribution in [1.29, 1.82) is 0 Å². The number of nitrogens with one attached hydrogen (secondary N) is 2. The topological polar surface area (TPSA) is 78.4 Å². The lowest BCUT2D eigenvalue weighted by molar-refractivity contribution is 0.0698. The lowest BCUT2D eigenvalue weighted by atomic mass is 10.2. The highest BCUT2D eigenvalue weighted by Crippen LogP contribution is 2.28. The largest absolute Gasteiger partial charge is 0.478 e. The van der Waals surface area contributed by atoms with Gasteiger partial charge in [-0.2, -0.15) is 0 Å². The van der Waals surface area contributed by atoms with E-state index in [1.54, 1.807) is 0 Å². The van der Waals surface area contributed by atoms with Crippen LogP contribution >= 0.6 is 11.3 Å². The Morgan fingerprint density at radius 3 is 2.67 bits per heavy atom. The molecule has 0 saturated heterocycles. The minimum Gasteiger partial charge on any atom is -0.478 e. The molecule has 0 saturated carbocycles. The second kappa shape index (κ2) is 6.36. The molecule has 2 amide bonds. The van der Waals surface area contributed by atoms with Gasteiger partial charge in [-0.25, -0.2) is 14.0 Å². The van der Waals surface area contributed by atoms with Gasteiger partial charge in [-0.3, -0.25) is 5.32 Å². The molecule has 1 aromatic carbocycles. The number of anilines is 2. The molecular weight excluding hydrogens is 295 g/mol. The monoisotopic (exact) mass is 308 g/mol. The number of carbonyl (C=O) groups excluding carboxylic acids is 1. The molecule has 0 unspecified atom stereocenters. The molecule has 2 rings (SSSR count). The molecule has 0 radical (unpaired) electrons. The van der Waals surface area contributed by atoms with Crippen LogP contribution in [0.3, 0.4) is 0 Å². The predicted molar refractivity (Wildman–Crippen MR) is 79.7 cm³/mol. The van der Waals surface area contributed by atoms with Gasteiger partial charge in [0.05, 0.1) is 5.56 Å². The first kappa shape index (κ1) is 15.0. The maximum atomic E-state index is 13.0. The molecule has 3 N–H and O–H groups in total. The number of carbonyl (C=O) groups is 2. The van der Waals surface area contributed by atoms with Crippen molar-refractivity contribution in [2.45, 2.75) is 13.3 Å². The number of urea groups is 1. The molecule has 5 nitrogen and oxygen atoms in total. The average molecular weight is 308 g/mol. The van der Waals surface area contributed by atoms with Gasteiger partial charge < -0.3 is 10.4 Å². The van der Waals surface area contributed by atoms with E-state index in [4.69, 9.17) is 5.11 Å². The van der Waals surface area contributed by atoms with Gasteiger partial charge in [0, 0.05) is 10.6 Å². The number of rotatable bonds is 4. The highest BCUT2D eigenvalue weighted by Gasteiger charge is 2.16. The van der Waals surface area contributed by atoms with Gasteiger partial charge in [0.1, 0.15) is 10.8 Å². The summed E-state index contributed by atoms with van der Waals surface area (Å²) in [5.41, 5.74) is 0.336. The van der Waals surface area contributed by atoms with E-state index in [-0.39, 0.29) is 16.3 Å². The fourth-order valence-corrected chi connectivity index (χ4v) is 2.68. The molecule has 0 aliphatic heterocycles. The first-order chi connectivity index (χ1) is 9.99. The number of benzene rings is 1. The van der Waals surface area contributed by atoms with Crippen LogP contribution in [0.15, 0.2) is 30.3 Å². The van der Waals surface area contributed by atoms with Crippen molar-refractivity contribution in [1.82, 2.24) is 0 Å². The van der Waals surface area contributed by atoms with E-state index < -0.39 is 17.8 Å². The maximum Gasteiger partial charge on any atom is 0.338 e. The summed E-state index contributed by atoms with van der Waals surface area (Å²) in [6, 6.07) is 6.35. The molecular formula is C14H13FN2O3S. The minimum atomic E-state index is -1.10. The number of halogens is 1. The van der Waals surface area contributed by atoms with Crippen molar-refractivity contribution in [3.63, 3.8) is 0 Å². The third-order valence-corrected chi connectivity index (χ3v) is 3.87. The van der Waals surface area contributed by atoms with Crippen molar-refractivity contribution >= 4 is 34.0 Å². The van der Waals surface area contributed by atoms with Gasteiger partial charge in [-0.15, -0.1) is 11.3 Å². The normalized spacial score (nSPS) is 10.2. The average Bonchev–Trinajstić information content (AvgIpc) is 2.81. The van der Waals surface area contributed by atoms with E-state index in [0.29, 0.717) is 6.42 Å². The van der Waals surface area contributed by atoms with E-state index >= 15 is 0 Å². The minimum absolute atomic E-state index is 0.0474. The van der Waals surface area contributed by atoms with Crippen LogP contribution in [0.4, 0.5) is 19.9 Å². The van der Waals surface area contributed by atoms with Crippen LogP contribution in [0.25, 0.3) is 0 Å². The molecule has 2 aromatic rings. The molecule has 0 atom stereocenters. The van der Waals surface area contributed by atoms with Gasteiger partial charge >= 0.3 is 12.0 Å². The van der Waals surface area contributed by atoms with Crippen molar-refractivity contribution < 1.29 is 19.1 Å². The van der Waals surface area contributed by atoms with Crippen LogP contribution in [0.5, 0.6) is 0 Å². The summed E-state index contributed by atoms with van der Waals surface area (Å²) >= 11 is 1.20. The first-order valence-corrected chi connectivity index (χ1v) is 7.00. The lowest BCUT2D eigenvalue weighted by Gasteiger charge is -2.06. The molecule has 1 aromatic heterocycles. The summed E-state index contributed by atoms with van der Waals surface area (Å²) in [7, 11) is 0. The Labute approximate surface area is 124 Å². The van der Waals surface area contributed by atoms with Crippen molar-refractivity contribution in [3.05, 3.63) is 46.6 Å². The molecule has 0 fully saturated rings. The fourth-order valence-electron chi connectivity index (χ4n) is 1.70. The number of aromatic carboxylic acids is 1. The Balaban J connectivity index is 2.12. The van der Waals surface area contributed by atoms with E-state index in [2.05, 4.69) is 10.6 Å². The third-order valence-electron chi connectivity index (χ3n) is 2.67. The zero-order chi connectivity index (χ0) is 15.4. The van der Waals surface area contributed by atoms with Gasteiger partial charge in [-0.05, 0) is 30.7 Å². The molecule has 0 aliphatic carbocycles. The van der Waals surface area contributed by atoms with Crippen LogP contribution < -0.4 is 10.6 Å². The number of aryl methyl sites for hydroxylation is 1. The predicted octanol–water partition coefficient (Wildman–Crippen LogP) is 3.79. The molecule has 0 spiro atoms. The zero-order valence-electron chi connectivity index (χ0n) is 11.1. The SMILES string of the molecule is CCc1cc(C(=O)O)c(NC(=O)Nc2cccc(F)c2)s1. The molecule has 110 valence electrons. The Bertz CT molecular complexity index is 685.